The number of nitrogens with one attached hydrogen (secondary N) is 1. The summed E-state index contributed by atoms with van der Waals surface area (Å²) < 4.78 is 5.28. The van der Waals surface area contributed by atoms with Crippen molar-refractivity contribution in [2.24, 2.45) is 0 Å². The zero-order valence-electron chi connectivity index (χ0n) is 11.4. The van der Waals surface area contributed by atoms with Crippen LogP contribution in [-0.2, 0) is 6.54 Å². The first kappa shape index (κ1) is 14.3. The van der Waals surface area contributed by atoms with Gasteiger partial charge in [-0.3, -0.25) is 0 Å². The van der Waals surface area contributed by atoms with Gasteiger partial charge in [0, 0.05) is 12.6 Å². The van der Waals surface area contributed by atoms with E-state index in [0.29, 0.717) is 6.04 Å². The van der Waals surface area contributed by atoms with Gasteiger partial charge in [0.25, 0.3) is 0 Å². The van der Waals surface area contributed by atoms with Crippen LogP contribution in [-0.4, -0.2) is 31.1 Å². The van der Waals surface area contributed by atoms with E-state index in [1.165, 1.54) is 25.8 Å². The predicted molar refractivity (Wildman–Crippen MR) is 72.0 cm³/mol. The van der Waals surface area contributed by atoms with Crippen LogP contribution >= 0.6 is 0 Å². The molecule has 1 aromatic heterocycles. The number of hydrogen-bond donors (Lipinski definition) is 1. The van der Waals surface area contributed by atoms with Crippen molar-refractivity contribution in [3.63, 3.8) is 0 Å². The fraction of sp³-hybridized carbons (Fsp3) is 0.714. The third kappa shape index (κ3) is 5.89. The number of unbranched alkanes of at least 4 members (excludes halogenated alkanes) is 2. The van der Waals surface area contributed by atoms with E-state index >= 15 is 0 Å². The molecule has 0 saturated heterocycles. The van der Waals surface area contributed by atoms with Gasteiger partial charge in [0.2, 0.25) is 0 Å². The number of hydrogen-bond acceptors (Lipinski definition) is 3. The first-order valence-corrected chi connectivity index (χ1v) is 6.67. The smallest absolute Gasteiger partial charge is 0.117 e. The minimum atomic E-state index is 0.571. The molecule has 98 valence electrons. The highest BCUT2D eigenvalue weighted by Crippen LogP contribution is 2.02. The largest absolute Gasteiger partial charge is 0.468 e. The highest BCUT2D eigenvalue weighted by molar-refractivity contribution is 4.97. The second-order valence-electron chi connectivity index (χ2n) is 4.75. The summed E-state index contributed by atoms with van der Waals surface area (Å²) in [5.74, 6) is 1.01. The van der Waals surface area contributed by atoms with E-state index in [2.05, 4.69) is 31.1 Å². The standard InChI is InChI=1S/C14H26N2O/c1-4-5-6-9-16(3)13(2)11-15-12-14-8-7-10-17-14/h7-8,10,13,15H,4-6,9,11-12H2,1-3H3. The first-order chi connectivity index (χ1) is 8.24. The van der Waals surface area contributed by atoms with Crippen molar-refractivity contribution < 1.29 is 4.42 Å². The minimum absolute atomic E-state index is 0.571. The van der Waals surface area contributed by atoms with Crippen LogP contribution in [0.5, 0.6) is 0 Å². The SMILES string of the molecule is CCCCCN(C)C(C)CNCc1ccco1. The van der Waals surface area contributed by atoms with Gasteiger partial charge in [0.15, 0.2) is 0 Å². The van der Waals surface area contributed by atoms with Crippen LogP contribution < -0.4 is 5.32 Å². The molecule has 0 spiro atoms. The van der Waals surface area contributed by atoms with Gasteiger partial charge in [0.05, 0.1) is 12.8 Å². The van der Waals surface area contributed by atoms with Crippen molar-refractivity contribution in [3.8, 4) is 0 Å². The van der Waals surface area contributed by atoms with Crippen LogP contribution in [0.1, 0.15) is 38.9 Å². The van der Waals surface area contributed by atoms with Crippen molar-refractivity contribution in [1.82, 2.24) is 10.2 Å². The Morgan fingerprint density at radius 1 is 1.41 bits per heavy atom. The molecule has 17 heavy (non-hydrogen) atoms. The normalized spacial score (nSPS) is 13.2. The summed E-state index contributed by atoms with van der Waals surface area (Å²) in [6.07, 6.45) is 5.64. The van der Waals surface area contributed by atoms with E-state index in [-0.39, 0.29) is 0 Å². The van der Waals surface area contributed by atoms with Crippen molar-refractivity contribution >= 4 is 0 Å². The number of likely N-dealkylation sites (N-methyl/N-ethyl adjacent to an activating group) is 1. The van der Waals surface area contributed by atoms with Crippen LogP contribution in [0.4, 0.5) is 0 Å². The maximum absolute atomic E-state index is 5.28. The van der Waals surface area contributed by atoms with Crippen molar-refractivity contribution in [3.05, 3.63) is 24.2 Å². The lowest BCUT2D eigenvalue weighted by molar-refractivity contribution is 0.244. The molecule has 0 fully saturated rings. The van der Waals surface area contributed by atoms with Gasteiger partial charge in [-0.15, -0.1) is 0 Å². The Balaban J connectivity index is 2.09. The predicted octanol–water partition coefficient (Wildman–Crippen LogP) is 2.88. The van der Waals surface area contributed by atoms with Gasteiger partial charge < -0.3 is 14.6 Å². The molecule has 0 radical (unpaired) electrons. The zero-order chi connectivity index (χ0) is 12.5. The molecule has 1 aromatic rings. The molecule has 0 aliphatic rings. The third-order valence-electron chi connectivity index (χ3n) is 3.19. The first-order valence-electron chi connectivity index (χ1n) is 6.67. The molecule has 1 unspecified atom stereocenters. The molecule has 0 aliphatic heterocycles. The van der Waals surface area contributed by atoms with Gasteiger partial charge in [-0.05, 0) is 39.1 Å². The maximum Gasteiger partial charge on any atom is 0.117 e. The molecule has 0 bridgehead atoms. The second-order valence-corrected chi connectivity index (χ2v) is 4.75. The van der Waals surface area contributed by atoms with Gasteiger partial charge >= 0.3 is 0 Å². The Kier molecular flexibility index (Phi) is 6.97. The minimum Gasteiger partial charge on any atom is -0.468 e. The molecule has 1 rings (SSSR count). The number of nitrogens with zero attached hydrogens (tertiary/aromatic N) is 1. The molecule has 0 amide bonds. The Hall–Kier alpha value is -0.800. The summed E-state index contributed by atoms with van der Waals surface area (Å²) in [6, 6.07) is 4.50. The highest BCUT2D eigenvalue weighted by atomic mass is 16.3. The fourth-order valence-electron chi connectivity index (χ4n) is 1.80. The number of rotatable bonds is 9. The molecule has 1 atom stereocenters. The van der Waals surface area contributed by atoms with E-state index in [4.69, 9.17) is 4.42 Å². The lowest BCUT2D eigenvalue weighted by Crippen LogP contribution is -2.38. The van der Waals surface area contributed by atoms with E-state index in [0.717, 1.165) is 18.8 Å². The molecule has 0 saturated carbocycles. The van der Waals surface area contributed by atoms with Crippen LogP contribution in [0.25, 0.3) is 0 Å². The molecule has 3 heteroatoms. The van der Waals surface area contributed by atoms with Gasteiger partial charge in [-0.1, -0.05) is 19.8 Å². The Bertz CT molecular complexity index is 272. The van der Waals surface area contributed by atoms with Crippen LogP contribution in [0.15, 0.2) is 22.8 Å². The molecule has 0 aliphatic carbocycles. The van der Waals surface area contributed by atoms with Crippen LogP contribution in [0, 0.1) is 0 Å². The second kappa shape index (κ2) is 8.31. The van der Waals surface area contributed by atoms with Gasteiger partial charge in [-0.2, -0.15) is 0 Å². The summed E-state index contributed by atoms with van der Waals surface area (Å²) in [6.45, 7) is 7.52. The monoisotopic (exact) mass is 238 g/mol. The quantitative estimate of drug-likeness (QED) is 0.671. The summed E-state index contributed by atoms with van der Waals surface area (Å²) in [5.41, 5.74) is 0. The van der Waals surface area contributed by atoms with E-state index in [1.54, 1.807) is 6.26 Å². The maximum atomic E-state index is 5.28. The molecule has 0 aromatic carbocycles. The molecular weight excluding hydrogens is 212 g/mol. The summed E-state index contributed by atoms with van der Waals surface area (Å²) in [4.78, 5) is 2.42. The Morgan fingerprint density at radius 3 is 2.88 bits per heavy atom. The highest BCUT2D eigenvalue weighted by Gasteiger charge is 2.08. The van der Waals surface area contributed by atoms with E-state index < -0.39 is 0 Å². The molecule has 3 nitrogen and oxygen atoms in total. The Labute approximate surface area is 105 Å². The van der Waals surface area contributed by atoms with Gasteiger partial charge in [0.1, 0.15) is 5.76 Å². The topological polar surface area (TPSA) is 28.4 Å². The van der Waals surface area contributed by atoms with E-state index in [9.17, 15) is 0 Å². The molecular formula is C14H26N2O. The Morgan fingerprint density at radius 2 is 2.24 bits per heavy atom. The summed E-state index contributed by atoms with van der Waals surface area (Å²) in [7, 11) is 2.20. The van der Waals surface area contributed by atoms with Crippen molar-refractivity contribution in [1.29, 1.82) is 0 Å². The van der Waals surface area contributed by atoms with Crippen LogP contribution in [0.2, 0.25) is 0 Å². The fourth-order valence-corrected chi connectivity index (χ4v) is 1.80. The molecule has 1 heterocycles. The van der Waals surface area contributed by atoms with Crippen molar-refractivity contribution in [2.45, 2.75) is 45.7 Å². The lowest BCUT2D eigenvalue weighted by Gasteiger charge is -2.24. The summed E-state index contributed by atoms with van der Waals surface area (Å²) >= 11 is 0. The average Bonchev–Trinajstić information content (AvgIpc) is 2.82. The average molecular weight is 238 g/mol. The van der Waals surface area contributed by atoms with Crippen molar-refractivity contribution in [2.75, 3.05) is 20.1 Å². The number of furan rings is 1. The lowest BCUT2D eigenvalue weighted by atomic mass is 10.2. The summed E-state index contributed by atoms with van der Waals surface area (Å²) in [5, 5.41) is 3.42. The van der Waals surface area contributed by atoms with Gasteiger partial charge in [-0.25, -0.2) is 0 Å². The molecule has 1 N–H and O–H groups in total. The zero-order valence-corrected chi connectivity index (χ0v) is 11.4. The van der Waals surface area contributed by atoms with Crippen LogP contribution in [0.3, 0.4) is 0 Å². The third-order valence-corrected chi connectivity index (χ3v) is 3.19. The van der Waals surface area contributed by atoms with E-state index in [1.807, 2.05) is 12.1 Å².